The van der Waals surface area contributed by atoms with Gasteiger partial charge >= 0.3 is 6.09 Å². The van der Waals surface area contributed by atoms with Crippen molar-refractivity contribution in [2.45, 2.75) is 63.5 Å². The Morgan fingerprint density at radius 3 is 2.67 bits per heavy atom. The maximum atomic E-state index is 15.5. The second kappa shape index (κ2) is 13.1. The van der Waals surface area contributed by atoms with Crippen molar-refractivity contribution in [2.75, 3.05) is 33.8 Å². The quantitative estimate of drug-likeness (QED) is 0.382. The molecule has 4 atom stereocenters. The Labute approximate surface area is 235 Å². The van der Waals surface area contributed by atoms with Gasteiger partial charge in [-0.2, -0.15) is 0 Å². The Kier molecular flexibility index (Phi) is 9.79. The van der Waals surface area contributed by atoms with Gasteiger partial charge in [0.25, 0.3) is 0 Å². The zero-order valence-electron chi connectivity index (χ0n) is 23.6. The minimum Gasteiger partial charge on any atom is -0.453 e. The molecule has 40 heavy (non-hydrogen) atoms. The summed E-state index contributed by atoms with van der Waals surface area (Å²) in [6.07, 6.45) is 3.98. The van der Waals surface area contributed by atoms with E-state index in [0.29, 0.717) is 55.1 Å². The number of rotatable bonds is 9. The van der Waals surface area contributed by atoms with Crippen molar-refractivity contribution in [1.82, 2.24) is 15.5 Å². The van der Waals surface area contributed by atoms with Crippen molar-refractivity contribution >= 4 is 12.0 Å². The number of carbonyl (C=O) groups excluding carboxylic acids is 2. The van der Waals surface area contributed by atoms with Gasteiger partial charge in [0.2, 0.25) is 5.91 Å². The molecule has 0 spiro atoms. The summed E-state index contributed by atoms with van der Waals surface area (Å²) in [6, 6.07) is 9.26. The lowest BCUT2D eigenvalue weighted by Crippen LogP contribution is -2.50. The van der Waals surface area contributed by atoms with Crippen LogP contribution in [0.25, 0.3) is 11.1 Å². The summed E-state index contributed by atoms with van der Waals surface area (Å²) >= 11 is 0. The number of hydrogen-bond donors (Lipinski definition) is 3. The van der Waals surface area contributed by atoms with Gasteiger partial charge in [0.15, 0.2) is 0 Å². The molecule has 1 heterocycles. The third kappa shape index (κ3) is 6.63. The molecule has 2 amide bonds. The van der Waals surface area contributed by atoms with Gasteiger partial charge in [-0.15, -0.1) is 0 Å². The molecule has 1 aliphatic heterocycles. The number of piperidine rings is 1. The molecule has 2 aliphatic rings. The first-order valence-electron chi connectivity index (χ1n) is 14.2. The predicted molar refractivity (Wildman–Crippen MR) is 150 cm³/mol. The first-order chi connectivity index (χ1) is 19.2. The van der Waals surface area contributed by atoms with Crippen molar-refractivity contribution in [1.29, 1.82) is 0 Å². The minimum atomic E-state index is -1.53. The standard InChI is InChI=1S/C31H41F2N3O4/c1-20-15-22(17-24(32)16-20)28-26(8-4-9-27(28)33)31(39,12-6-13-35-30(38)40-3)23-7-5-14-36(19-23)29(37)21-10-11-25(18-21)34-2/h4,8-9,15-17,21,23,25,34,39H,5-7,10-14,18-19H2,1-3H3,(H,35,38). The smallest absolute Gasteiger partial charge is 0.406 e. The highest BCUT2D eigenvalue weighted by Crippen LogP contribution is 2.45. The molecule has 218 valence electrons. The van der Waals surface area contributed by atoms with Gasteiger partial charge < -0.3 is 25.4 Å². The van der Waals surface area contributed by atoms with E-state index in [1.165, 1.54) is 25.3 Å². The van der Waals surface area contributed by atoms with Gasteiger partial charge in [-0.3, -0.25) is 4.79 Å². The first-order valence-corrected chi connectivity index (χ1v) is 14.2. The monoisotopic (exact) mass is 557 g/mol. The molecule has 1 aliphatic carbocycles. The lowest BCUT2D eigenvalue weighted by atomic mass is 9.72. The molecule has 2 aromatic carbocycles. The average Bonchev–Trinajstić information content (AvgIpc) is 3.43. The van der Waals surface area contributed by atoms with Crippen LogP contribution in [0.15, 0.2) is 36.4 Å². The van der Waals surface area contributed by atoms with Gasteiger partial charge in [0.1, 0.15) is 11.6 Å². The molecule has 1 saturated carbocycles. The van der Waals surface area contributed by atoms with Crippen molar-refractivity contribution in [3.8, 4) is 11.1 Å². The molecule has 1 saturated heterocycles. The maximum absolute atomic E-state index is 15.5. The number of benzene rings is 2. The Morgan fingerprint density at radius 2 is 1.98 bits per heavy atom. The van der Waals surface area contributed by atoms with E-state index in [0.717, 1.165) is 19.3 Å². The van der Waals surface area contributed by atoms with Crippen molar-refractivity contribution in [3.05, 3.63) is 59.2 Å². The Balaban J connectivity index is 1.68. The van der Waals surface area contributed by atoms with E-state index in [2.05, 4.69) is 15.4 Å². The van der Waals surface area contributed by atoms with Crippen LogP contribution >= 0.6 is 0 Å². The molecule has 3 N–H and O–H groups in total. The molecule has 0 radical (unpaired) electrons. The van der Waals surface area contributed by atoms with E-state index in [9.17, 15) is 19.1 Å². The summed E-state index contributed by atoms with van der Waals surface area (Å²) in [6.45, 7) is 2.96. The van der Waals surface area contributed by atoms with E-state index < -0.39 is 23.3 Å². The van der Waals surface area contributed by atoms with E-state index in [1.54, 1.807) is 25.1 Å². The predicted octanol–water partition coefficient (Wildman–Crippen LogP) is 4.89. The number of methoxy groups -OCH3 is 1. The van der Waals surface area contributed by atoms with Gasteiger partial charge in [-0.1, -0.05) is 18.2 Å². The molecule has 2 aromatic rings. The normalized spacial score (nSPS) is 22.6. The third-order valence-electron chi connectivity index (χ3n) is 8.60. The van der Waals surface area contributed by atoms with E-state index >= 15 is 4.39 Å². The van der Waals surface area contributed by atoms with Crippen LogP contribution in [-0.2, 0) is 15.1 Å². The highest BCUT2D eigenvalue weighted by Gasteiger charge is 2.44. The summed E-state index contributed by atoms with van der Waals surface area (Å²) in [5, 5.41) is 18.4. The van der Waals surface area contributed by atoms with Crippen molar-refractivity contribution < 1.29 is 28.2 Å². The number of halogens is 2. The number of carbonyl (C=O) groups is 2. The van der Waals surface area contributed by atoms with Crippen LogP contribution in [0.5, 0.6) is 0 Å². The molecular formula is C31H41F2N3O4. The van der Waals surface area contributed by atoms with E-state index in [-0.39, 0.29) is 36.3 Å². The summed E-state index contributed by atoms with van der Waals surface area (Å²) in [7, 11) is 3.20. The van der Waals surface area contributed by atoms with Crippen LogP contribution < -0.4 is 10.6 Å². The molecule has 4 unspecified atom stereocenters. The number of ether oxygens (including phenoxy) is 1. The SMILES string of the molecule is CNC1CCC(C(=O)N2CCCC(C(O)(CCCNC(=O)OC)c3cccc(F)c3-c3cc(C)cc(F)c3)C2)C1. The molecule has 0 bridgehead atoms. The number of alkyl carbamates (subject to hydrolysis) is 1. The maximum Gasteiger partial charge on any atom is 0.406 e. The summed E-state index contributed by atoms with van der Waals surface area (Å²) in [5.41, 5.74) is -0.0153. The highest BCUT2D eigenvalue weighted by atomic mass is 19.1. The minimum absolute atomic E-state index is 0.0476. The fraction of sp³-hybridized carbons (Fsp3) is 0.548. The lowest BCUT2D eigenvalue weighted by molar-refractivity contribution is -0.140. The zero-order valence-corrected chi connectivity index (χ0v) is 23.6. The van der Waals surface area contributed by atoms with Crippen molar-refractivity contribution in [3.63, 3.8) is 0 Å². The Bertz CT molecular complexity index is 1190. The average molecular weight is 558 g/mol. The van der Waals surface area contributed by atoms with Gasteiger partial charge in [0.05, 0.1) is 12.7 Å². The number of aliphatic hydroxyl groups is 1. The number of amides is 2. The van der Waals surface area contributed by atoms with Gasteiger partial charge in [-0.05, 0) is 93.8 Å². The lowest BCUT2D eigenvalue weighted by Gasteiger charge is -2.44. The third-order valence-corrected chi connectivity index (χ3v) is 8.60. The number of nitrogens with one attached hydrogen (secondary N) is 2. The number of nitrogens with zero attached hydrogens (tertiary/aromatic N) is 1. The molecule has 2 fully saturated rings. The van der Waals surface area contributed by atoms with Gasteiger partial charge in [-0.25, -0.2) is 13.6 Å². The number of aryl methyl sites for hydroxylation is 1. The van der Waals surface area contributed by atoms with Crippen LogP contribution in [0.3, 0.4) is 0 Å². The fourth-order valence-electron chi connectivity index (χ4n) is 6.53. The first kappa shape index (κ1) is 29.9. The summed E-state index contributed by atoms with van der Waals surface area (Å²) < 4.78 is 34.6. The number of hydrogen-bond acceptors (Lipinski definition) is 5. The van der Waals surface area contributed by atoms with Crippen LogP contribution in [0, 0.1) is 30.4 Å². The molecule has 4 rings (SSSR count). The van der Waals surface area contributed by atoms with Crippen LogP contribution in [-0.4, -0.2) is 61.8 Å². The topological polar surface area (TPSA) is 90.9 Å². The Hall–Kier alpha value is -3.04. The van der Waals surface area contributed by atoms with E-state index in [4.69, 9.17) is 0 Å². The number of likely N-dealkylation sites (tertiary alicyclic amines) is 1. The van der Waals surface area contributed by atoms with E-state index in [1.807, 2.05) is 11.9 Å². The highest BCUT2D eigenvalue weighted by molar-refractivity contribution is 5.79. The zero-order chi connectivity index (χ0) is 28.9. The largest absolute Gasteiger partial charge is 0.453 e. The fourth-order valence-corrected chi connectivity index (χ4v) is 6.53. The van der Waals surface area contributed by atoms with Crippen LogP contribution in [0.2, 0.25) is 0 Å². The van der Waals surface area contributed by atoms with Gasteiger partial charge in [0, 0.05) is 43.1 Å². The summed E-state index contributed by atoms with van der Waals surface area (Å²) in [5.74, 6) is -1.35. The Morgan fingerprint density at radius 1 is 1.18 bits per heavy atom. The second-order valence-corrected chi connectivity index (χ2v) is 11.2. The molecular weight excluding hydrogens is 516 g/mol. The van der Waals surface area contributed by atoms with Crippen molar-refractivity contribution in [2.24, 2.45) is 11.8 Å². The second-order valence-electron chi connectivity index (χ2n) is 11.2. The van der Waals surface area contributed by atoms with Crippen LogP contribution in [0.1, 0.15) is 56.1 Å². The summed E-state index contributed by atoms with van der Waals surface area (Å²) in [4.78, 5) is 27.0. The van der Waals surface area contributed by atoms with Crippen LogP contribution in [0.4, 0.5) is 13.6 Å². The molecule has 7 nitrogen and oxygen atoms in total. The molecule has 0 aromatic heterocycles. The molecule has 9 heteroatoms.